The fourth-order valence-corrected chi connectivity index (χ4v) is 4.06. The first kappa shape index (κ1) is 19.6. The number of thiazole rings is 1. The molecule has 154 valence electrons. The topological polar surface area (TPSA) is 107 Å². The van der Waals surface area contributed by atoms with Gasteiger partial charge >= 0.3 is 0 Å². The number of aromatic nitrogens is 6. The van der Waals surface area contributed by atoms with Crippen molar-refractivity contribution in [3.8, 4) is 17.2 Å². The highest BCUT2D eigenvalue weighted by Gasteiger charge is 2.14. The molecule has 10 heteroatoms. The average molecular weight is 493 g/mol. The molecule has 0 saturated carbocycles. The summed E-state index contributed by atoms with van der Waals surface area (Å²) in [6, 6.07) is 12.0. The predicted molar refractivity (Wildman–Crippen MR) is 126 cm³/mol. The molecule has 4 aromatic heterocycles. The van der Waals surface area contributed by atoms with Crippen molar-refractivity contribution >= 4 is 49.8 Å². The fraction of sp³-hybridized carbons (Fsp3) is 0.0952. The molecule has 31 heavy (non-hydrogen) atoms. The van der Waals surface area contributed by atoms with Crippen LogP contribution in [0.2, 0.25) is 0 Å². The van der Waals surface area contributed by atoms with Crippen molar-refractivity contribution in [2.45, 2.75) is 13.5 Å². The standard InChI is InChI=1S/C21H17BrN8S/c1-12-26-15(11-31-12)9-24-20-18(22)19(23)28-21(29-20)30-10-14(8-25-30)17-7-6-13-4-2-3-5-16(13)27-17/h2-8,10-11H,9H2,1H3,(H3,23,24,28,29). The van der Waals surface area contributed by atoms with Crippen molar-refractivity contribution in [3.05, 3.63) is 69.3 Å². The van der Waals surface area contributed by atoms with E-state index in [2.05, 4.69) is 41.3 Å². The van der Waals surface area contributed by atoms with E-state index >= 15 is 0 Å². The summed E-state index contributed by atoms with van der Waals surface area (Å²) in [6.45, 7) is 2.51. The van der Waals surface area contributed by atoms with Crippen LogP contribution < -0.4 is 11.1 Å². The van der Waals surface area contributed by atoms with Crippen LogP contribution >= 0.6 is 27.3 Å². The normalized spacial score (nSPS) is 11.2. The van der Waals surface area contributed by atoms with Gasteiger partial charge in [-0.2, -0.15) is 15.1 Å². The molecular formula is C21H17BrN8S. The molecule has 0 spiro atoms. The molecule has 0 bridgehead atoms. The van der Waals surface area contributed by atoms with Crippen LogP contribution in [0, 0.1) is 6.92 Å². The minimum Gasteiger partial charge on any atom is -0.383 e. The van der Waals surface area contributed by atoms with Gasteiger partial charge in [0.2, 0.25) is 0 Å². The van der Waals surface area contributed by atoms with E-state index < -0.39 is 0 Å². The van der Waals surface area contributed by atoms with Crippen molar-refractivity contribution < 1.29 is 0 Å². The zero-order chi connectivity index (χ0) is 21.4. The maximum absolute atomic E-state index is 6.11. The van der Waals surface area contributed by atoms with Crippen molar-refractivity contribution in [1.82, 2.24) is 29.7 Å². The van der Waals surface area contributed by atoms with Gasteiger partial charge in [0.15, 0.2) is 0 Å². The first-order chi connectivity index (χ1) is 15.1. The summed E-state index contributed by atoms with van der Waals surface area (Å²) in [4.78, 5) is 18.1. The number of anilines is 2. The molecule has 0 aliphatic heterocycles. The zero-order valence-corrected chi connectivity index (χ0v) is 18.9. The van der Waals surface area contributed by atoms with Gasteiger partial charge in [0.25, 0.3) is 5.95 Å². The molecule has 1 aromatic carbocycles. The van der Waals surface area contributed by atoms with Crippen LogP contribution in [-0.4, -0.2) is 29.7 Å². The largest absolute Gasteiger partial charge is 0.383 e. The highest BCUT2D eigenvalue weighted by Crippen LogP contribution is 2.28. The molecule has 0 amide bonds. The Labute approximate surface area is 190 Å². The van der Waals surface area contributed by atoms with Crippen LogP contribution in [0.3, 0.4) is 0 Å². The summed E-state index contributed by atoms with van der Waals surface area (Å²) in [5.41, 5.74) is 9.67. The maximum Gasteiger partial charge on any atom is 0.254 e. The molecule has 0 atom stereocenters. The lowest BCUT2D eigenvalue weighted by Gasteiger charge is -2.10. The molecule has 0 saturated heterocycles. The van der Waals surface area contributed by atoms with E-state index in [-0.39, 0.29) is 0 Å². The number of aryl methyl sites for hydroxylation is 1. The predicted octanol–water partition coefficient (Wildman–Crippen LogP) is 4.60. The van der Waals surface area contributed by atoms with Crippen LogP contribution in [0.15, 0.2) is 58.6 Å². The Kier molecular flexibility index (Phi) is 5.08. The van der Waals surface area contributed by atoms with Gasteiger partial charge < -0.3 is 11.1 Å². The lowest BCUT2D eigenvalue weighted by atomic mass is 10.1. The molecule has 3 N–H and O–H groups in total. The molecule has 0 aliphatic carbocycles. The van der Waals surface area contributed by atoms with E-state index in [1.165, 1.54) is 0 Å². The van der Waals surface area contributed by atoms with Crippen LogP contribution in [0.25, 0.3) is 28.1 Å². The van der Waals surface area contributed by atoms with E-state index in [1.807, 2.05) is 54.9 Å². The molecule has 8 nitrogen and oxygen atoms in total. The molecule has 0 unspecified atom stereocenters. The summed E-state index contributed by atoms with van der Waals surface area (Å²) >= 11 is 5.07. The molecule has 0 fully saturated rings. The van der Waals surface area contributed by atoms with E-state index in [4.69, 9.17) is 10.7 Å². The van der Waals surface area contributed by atoms with Gasteiger partial charge in [0, 0.05) is 22.5 Å². The quantitative estimate of drug-likeness (QED) is 0.369. The van der Waals surface area contributed by atoms with E-state index in [0.29, 0.717) is 28.6 Å². The zero-order valence-electron chi connectivity index (χ0n) is 16.5. The summed E-state index contributed by atoms with van der Waals surface area (Å²) in [7, 11) is 0. The third-order valence-corrected chi connectivity index (χ3v) is 6.25. The van der Waals surface area contributed by atoms with Gasteiger partial charge in [0.05, 0.1) is 34.7 Å². The number of nitrogens with two attached hydrogens (primary N) is 1. The lowest BCUT2D eigenvalue weighted by molar-refractivity contribution is 0.808. The second-order valence-electron chi connectivity index (χ2n) is 6.85. The van der Waals surface area contributed by atoms with E-state index in [0.717, 1.165) is 32.9 Å². The van der Waals surface area contributed by atoms with Crippen molar-refractivity contribution in [2.75, 3.05) is 11.1 Å². The molecule has 5 aromatic rings. The van der Waals surface area contributed by atoms with Gasteiger partial charge in [-0.05, 0) is 35.0 Å². The van der Waals surface area contributed by atoms with Crippen molar-refractivity contribution in [1.29, 1.82) is 0 Å². The number of para-hydroxylation sites is 1. The number of benzene rings is 1. The summed E-state index contributed by atoms with van der Waals surface area (Å²) in [5, 5.41) is 11.8. The fourth-order valence-electron chi connectivity index (χ4n) is 3.13. The Morgan fingerprint density at radius 3 is 2.81 bits per heavy atom. The van der Waals surface area contributed by atoms with Crippen LogP contribution in [-0.2, 0) is 6.54 Å². The number of hydrogen-bond donors (Lipinski definition) is 2. The molecule has 4 heterocycles. The molecule has 0 radical (unpaired) electrons. The number of fused-ring (bicyclic) bond motifs is 1. The summed E-state index contributed by atoms with van der Waals surface area (Å²) in [6.07, 6.45) is 3.58. The molecule has 0 aliphatic rings. The number of nitrogens with zero attached hydrogens (tertiary/aromatic N) is 6. The maximum atomic E-state index is 6.11. The number of rotatable bonds is 5. The van der Waals surface area contributed by atoms with Crippen LogP contribution in [0.5, 0.6) is 0 Å². The third kappa shape index (κ3) is 3.99. The van der Waals surface area contributed by atoms with E-state index in [9.17, 15) is 0 Å². The minimum atomic E-state index is 0.322. The van der Waals surface area contributed by atoms with Gasteiger partial charge in [-0.15, -0.1) is 11.3 Å². The second-order valence-corrected chi connectivity index (χ2v) is 8.70. The Bertz CT molecular complexity index is 1390. The second kappa shape index (κ2) is 8.05. The Balaban J connectivity index is 1.44. The third-order valence-electron chi connectivity index (χ3n) is 4.65. The average Bonchev–Trinajstić information content (AvgIpc) is 3.44. The highest BCUT2D eigenvalue weighted by atomic mass is 79.9. The smallest absolute Gasteiger partial charge is 0.254 e. The number of nitrogen functional groups attached to an aromatic ring is 1. The van der Waals surface area contributed by atoms with Crippen molar-refractivity contribution in [3.63, 3.8) is 0 Å². The number of pyridine rings is 1. The van der Waals surface area contributed by atoms with E-state index in [1.54, 1.807) is 22.2 Å². The molecular weight excluding hydrogens is 476 g/mol. The minimum absolute atomic E-state index is 0.322. The van der Waals surface area contributed by atoms with Gasteiger partial charge in [-0.1, -0.05) is 24.3 Å². The Morgan fingerprint density at radius 1 is 1.10 bits per heavy atom. The van der Waals surface area contributed by atoms with Crippen LogP contribution in [0.4, 0.5) is 11.6 Å². The monoisotopic (exact) mass is 492 g/mol. The lowest BCUT2D eigenvalue weighted by Crippen LogP contribution is -2.10. The SMILES string of the molecule is Cc1nc(CNc2nc(-n3cc(-c4ccc5ccccc5n4)cn3)nc(N)c2Br)cs1. The van der Waals surface area contributed by atoms with Gasteiger partial charge in [-0.25, -0.2) is 14.6 Å². The van der Waals surface area contributed by atoms with Crippen LogP contribution in [0.1, 0.15) is 10.7 Å². The Morgan fingerprint density at radius 2 is 1.97 bits per heavy atom. The van der Waals surface area contributed by atoms with Gasteiger partial charge in [-0.3, -0.25) is 0 Å². The summed E-state index contributed by atoms with van der Waals surface area (Å²) < 4.78 is 2.19. The number of hydrogen-bond acceptors (Lipinski definition) is 8. The number of halogens is 1. The summed E-state index contributed by atoms with van der Waals surface area (Å²) in [5.74, 6) is 1.27. The highest BCUT2D eigenvalue weighted by molar-refractivity contribution is 9.10. The van der Waals surface area contributed by atoms with Gasteiger partial charge in [0.1, 0.15) is 16.1 Å². The first-order valence-electron chi connectivity index (χ1n) is 9.46. The first-order valence-corrected chi connectivity index (χ1v) is 11.1. The number of nitrogens with one attached hydrogen (secondary N) is 1. The van der Waals surface area contributed by atoms with Crippen molar-refractivity contribution in [2.24, 2.45) is 0 Å². The molecule has 5 rings (SSSR count). The Hall–Kier alpha value is -3.37.